The van der Waals surface area contributed by atoms with E-state index in [1.54, 1.807) is 0 Å². The van der Waals surface area contributed by atoms with E-state index in [4.69, 9.17) is 0 Å². The van der Waals surface area contributed by atoms with Crippen LogP contribution < -0.4 is 0 Å². The Balaban J connectivity index is 2.58. The van der Waals surface area contributed by atoms with Crippen molar-refractivity contribution in [2.24, 2.45) is 5.41 Å². The predicted octanol–water partition coefficient (Wildman–Crippen LogP) is 8.04. The average Bonchev–Trinajstić information content (AvgIpc) is 2.64. The maximum atomic E-state index is 9.99. The number of phenols is 1. The molecule has 0 heterocycles. The Hall–Kier alpha value is -1.76. The summed E-state index contributed by atoms with van der Waals surface area (Å²) in [5.41, 5.74) is 6.82. The molecule has 0 bridgehead atoms. The number of rotatable bonds is 7. The molecule has 1 nitrogen and oxygen atoms in total. The van der Waals surface area contributed by atoms with Gasteiger partial charge in [0, 0.05) is 5.41 Å². The molecule has 0 spiro atoms. The van der Waals surface area contributed by atoms with Crippen LogP contribution in [0.15, 0.2) is 36.4 Å². The van der Waals surface area contributed by atoms with Crippen LogP contribution in [0.4, 0.5) is 0 Å². The van der Waals surface area contributed by atoms with Crippen LogP contribution in [0.25, 0.3) is 0 Å². The topological polar surface area (TPSA) is 20.2 Å². The third-order valence-electron chi connectivity index (χ3n) is 6.78. The van der Waals surface area contributed by atoms with E-state index in [1.807, 2.05) is 13.0 Å². The first-order valence-electron chi connectivity index (χ1n) is 11.0. The molecule has 1 N–H and O–H groups in total. The molecule has 0 radical (unpaired) electrons. The molecule has 2 aromatic rings. The minimum absolute atomic E-state index is 0.0102. The summed E-state index contributed by atoms with van der Waals surface area (Å²) in [6, 6.07) is 13.3. The summed E-state index contributed by atoms with van der Waals surface area (Å²) < 4.78 is 0. The fraction of sp³-hybridized carbons (Fsp3) is 0.556. The lowest BCUT2D eigenvalue weighted by Crippen LogP contribution is -2.27. The van der Waals surface area contributed by atoms with Crippen LogP contribution in [0, 0.1) is 19.3 Å². The summed E-state index contributed by atoms with van der Waals surface area (Å²) >= 11 is 0. The molecule has 0 saturated carbocycles. The zero-order chi connectivity index (χ0) is 21.1. The maximum absolute atomic E-state index is 9.99. The molecule has 28 heavy (non-hydrogen) atoms. The van der Waals surface area contributed by atoms with E-state index < -0.39 is 0 Å². The van der Waals surface area contributed by atoms with Gasteiger partial charge in [0.25, 0.3) is 0 Å². The Morgan fingerprint density at radius 2 is 1.36 bits per heavy atom. The molecule has 0 saturated heterocycles. The number of hydrogen-bond donors (Lipinski definition) is 1. The maximum Gasteiger partial charge on any atom is 0.118 e. The average molecular weight is 381 g/mol. The van der Waals surface area contributed by atoms with Crippen molar-refractivity contribution in [1.82, 2.24) is 0 Å². The summed E-state index contributed by atoms with van der Waals surface area (Å²) in [5, 5.41) is 9.99. The summed E-state index contributed by atoms with van der Waals surface area (Å²) in [6.45, 7) is 18.2. The lowest BCUT2D eigenvalue weighted by Gasteiger charge is -2.36. The smallest absolute Gasteiger partial charge is 0.118 e. The third kappa shape index (κ3) is 4.29. The fourth-order valence-electron chi connectivity index (χ4n) is 4.89. The lowest BCUT2D eigenvalue weighted by atomic mass is 9.68. The number of phenolic OH excluding ortho intramolecular Hbond substituents is 1. The Morgan fingerprint density at radius 3 is 1.79 bits per heavy atom. The van der Waals surface area contributed by atoms with Crippen molar-refractivity contribution in [2.75, 3.05) is 0 Å². The van der Waals surface area contributed by atoms with Crippen molar-refractivity contribution in [3.63, 3.8) is 0 Å². The number of aryl methyl sites for hydroxylation is 2. The quantitative estimate of drug-likeness (QED) is 0.515. The largest absolute Gasteiger partial charge is 0.508 e. The van der Waals surface area contributed by atoms with Crippen molar-refractivity contribution < 1.29 is 5.11 Å². The highest BCUT2D eigenvalue weighted by atomic mass is 16.3. The molecule has 0 fully saturated rings. The van der Waals surface area contributed by atoms with Crippen molar-refractivity contribution >= 4 is 0 Å². The van der Waals surface area contributed by atoms with E-state index in [-0.39, 0.29) is 10.8 Å². The SMILES string of the molecule is CCCC(c1ccc(C(CC)(CC)c2ccc(O)c(C)c2)cc1C)C(C)(C)C. The first-order chi connectivity index (χ1) is 13.1. The number of benzene rings is 2. The van der Waals surface area contributed by atoms with Gasteiger partial charge in [-0.25, -0.2) is 0 Å². The normalized spacial score (nSPS) is 13.6. The molecule has 1 unspecified atom stereocenters. The van der Waals surface area contributed by atoms with Crippen molar-refractivity contribution in [3.8, 4) is 5.75 Å². The molecule has 0 amide bonds. The van der Waals surface area contributed by atoms with Gasteiger partial charge in [0.05, 0.1) is 0 Å². The van der Waals surface area contributed by atoms with Crippen molar-refractivity contribution in [3.05, 3.63) is 64.2 Å². The van der Waals surface area contributed by atoms with Crippen molar-refractivity contribution in [2.45, 2.75) is 92.4 Å². The zero-order valence-corrected chi connectivity index (χ0v) is 19.3. The Labute approximate surface area is 173 Å². The molecule has 154 valence electrons. The minimum Gasteiger partial charge on any atom is -0.508 e. The lowest BCUT2D eigenvalue weighted by molar-refractivity contribution is 0.302. The predicted molar refractivity (Wildman–Crippen MR) is 122 cm³/mol. The summed E-state index contributed by atoms with van der Waals surface area (Å²) in [5.74, 6) is 0.962. The zero-order valence-electron chi connectivity index (χ0n) is 19.3. The summed E-state index contributed by atoms with van der Waals surface area (Å²) in [7, 11) is 0. The highest BCUT2D eigenvalue weighted by Crippen LogP contribution is 2.44. The minimum atomic E-state index is -0.0102. The van der Waals surface area contributed by atoms with E-state index in [0.29, 0.717) is 11.7 Å². The van der Waals surface area contributed by atoms with Gasteiger partial charge in [0.15, 0.2) is 0 Å². The van der Waals surface area contributed by atoms with Crippen LogP contribution in [0.3, 0.4) is 0 Å². The first-order valence-corrected chi connectivity index (χ1v) is 11.0. The van der Waals surface area contributed by atoms with Gasteiger partial charge in [-0.3, -0.25) is 0 Å². The van der Waals surface area contributed by atoms with Crippen LogP contribution in [0.5, 0.6) is 5.75 Å². The Morgan fingerprint density at radius 1 is 0.821 bits per heavy atom. The molecule has 0 aliphatic carbocycles. The molecule has 0 aromatic heterocycles. The molecule has 0 aliphatic rings. The van der Waals surface area contributed by atoms with E-state index in [9.17, 15) is 5.11 Å². The van der Waals surface area contributed by atoms with Gasteiger partial charge < -0.3 is 5.11 Å². The monoisotopic (exact) mass is 380 g/mol. The van der Waals surface area contributed by atoms with Crippen molar-refractivity contribution in [1.29, 1.82) is 0 Å². The van der Waals surface area contributed by atoms with Crippen LogP contribution in [0.1, 0.15) is 101 Å². The Bertz CT molecular complexity index is 790. The molecule has 2 aromatic carbocycles. The number of aromatic hydroxyl groups is 1. The fourth-order valence-corrected chi connectivity index (χ4v) is 4.89. The van der Waals surface area contributed by atoms with Gasteiger partial charge in [-0.05, 0) is 78.3 Å². The molecule has 1 heteroatoms. The second-order valence-corrected chi connectivity index (χ2v) is 9.57. The van der Waals surface area contributed by atoms with E-state index in [1.165, 1.54) is 35.1 Å². The molecular weight excluding hydrogens is 340 g/mol. The second kappa shape index (κ2) is 8.72. The molecular formula is C27H40O. The molecule has 2 rings (SSSR count). The molecule has 1 atom stereocenters. The van der Waals surface area contributed by atoms with Gasteiger partial charge in [-0.1, -0.05) is 78.3 Å². The first kappa shape index (κ1) is 22.5. The van der Waals surface area contributed by atoms with Crippen LogP contribution in [-0.4, -0.2) is 5.11 Å². The highest BCUT2D eigenvalue weighted by Gasteiger charge is 2.33. The second-order valence-electron chi connectivity index (χ2n) is 9.57. The van der Waals surface area contributed by atoms with Crippen LogP contribution >= 0.6 is 0 Å². The summed E-state index contributed by atoms with van der Waals surface area (Å²) in [4.78, 5) is 0. The third-order valence-corrected chi connectivity index (χ3v) is 6.78. The van der Waals surface area contributed by atoms with Gasteiger partial charge in [-0.2, -0.15) is 0 Å². The van der Waals surface area contributed by atoms with Gasteiger partial charge >= 0.3 is 0 Å². The van der Waals surface area contributed by atoms with E-state index in [2.05, 4.69) is 78.8 Å². The number of hydrogen-bond acceptors (Lipinski definition) is 1. The van der Waals surface area contributed by atoms with Gasteiger partial charge in [-0.15, -0.1) is 0 Å². The van der Waals surface area contributed by atoms with E-state index in [0.717, 1.165) is 18.4 Å². The Kier molecular flexibility index (Phi) is 7.02. The van der Waals surface area contributed by atoms with E-state index >= 15 is 0 Å². The van der Waals surface area contributed by atoms with Crippen LogP contribution in [0.2, 0.25) is 0 Å². The standard InChI is InChI=1S/C27H40O/c1-9-12-24(26(6,7)8)23-15-13-21(17-19(23)4)27(10-2,11-3)22-14-16-25(28)20(5)18-22/h13-18,24,28H,9-12H2,1-8H3. The van der Waals surface area contributed by atoms with Gasteiger partial charge in [0.1, 0.15) is 5.75 Å². The van der Waals surface area contributed by atoms with Crippen LogP contribution in [-0.2, 0) is 5.41 Å². The molecule has 0 aliphatic heterocycles. The summed E-state index contributed by atoms with van der Waals surface area (Å²) in [6.07, 6.45) is 4.53. The van der Waals surface area contributed by atoms with Gasteiger partial charge in [0.2, 0.25) is 0 Å². The highest BCUT2D eigenvalue weighted by molar-refractivity contribution is 5.47.